The van der Waals surface area contributed by atoms with E-state index in [1.165, 1.54) is 14.0 Å². The maximum absolute atomic E-state index is 12.5. The van der Waals surface area contributed by atoms with Crippen LogP contribution < -0.4 is 20.1 Å². The molecule has 130 valence electrons. The minimum Gasteiger partial charge on any atom is -0.493 e. The van der Waals surface area contributed by atoms with Crippen molar-refractivity contribution in [2.75, 3.05) is 19.5 Å². The molecule has 6 nitrogen and oxygen atoms in total. The van der Waals surface area contributed by atoms with Crippen LogP contribution in [0, 0.1) is 0 Å². The number of benzene rings is 2. The van der Waals surface area contributed by atoms with Gasteiger partial charge >= 0.3 is 0 Å². The number of para-hydroxylation sites is 1. The molecule has 0 unspecified atom stereocenters. The zero-order valence-electron chi connectivity index (χ0n) is 14.3. The third kappa shape index (κ3) is 5.10. The van der Waals surface area contributed by atoms with Crippen LogP contribution in [0.3, 0.4) is 0 Å². The van der Waals surface area contributed by atoms with Gasteiger partial charge in [-0.15, -0.1) is 0 Å². The fourth-order valence-electron chi connectivity index (χ4n) is 2.18. The molecule has 2 amide bonds. The highest BCUT2D eigenvalue weighted by atomic mass is 16.5. The molecule has 0 atom stereocenters. The Morgan fingerprint density at radius 3 is 2.24 bits per heavy atom. The average molecular weight is 340 g/mol. The average Bonchev–Trinajstić information content (AvgIpc) is 2.61. The van der Waals surface area contributed by atoms with Gasteiger partial charge in [0, 0.05) is 12.6 Å². The van der Waals surface area contributed by atoms with E-state index in [1.807, 2.05) is 18.2 Å². The molecule has 25 heavy (non-hydrogen) atoms. The molecule has 0 aromatic heterocycles. The van der Waals surface area contributed by atoms with Gasteiger partial charge in [0.05, 0.1) is 14.2 Å². The number of carbonyl (C=O) groups excluding carboxylic acids is 2. The van der Waals surface area contributed by atoms with E-state index in [0.717, 1.165) is 0 Å². The molecule has 0 aliphatic carbocycles. The molecule has 2 aromatic rings. The van der Waals surface area contributed by atoms with Crippen LogP contribution in [-0.2, 0) is 9.59 Å². The van der Waals surface area contributed by atoms with Crippen molar-refractivity contribution in [3.63, 3.8) is 0 Å². The van der Waals surface area contributed by atoms with Gasteiger partial charge < -0.3 is 20.1 Å². The number of rotatable bonds is 6. The molecule has 0 spiro atoms. The van der Waals surface area contributed by atoms with E-state index < -0.39 is 5.91 Å². The lowest BCUT2D eigenvalue weighted by Crippen LogP contribution is -2.28. The minimum atomic E-state index is -0.420. The molecule has 0 aliphatic heterocycles. The first-order valence-electron chi connectivity index (χ1n) is 7.61. The van der Waals surface area contributed by atoms with Crippen LogP contribution in [-0.4, -0.2) is 26.0 Å². The van der Waals surface area contributed by atoms with Crippen LogP contribution in [0.15, 0.2) is 54.2 Å². The molecule has 6 heteroatoms. The molecule has 0 heterocycles. The van der Waals surface area contributed by atoms with E-state index in [-0.39, 0.29) is 11.6 Å². The summed E-state index contributed by atoms with van der Waals surface area (Å²) in [5.41, 5.74) is 1.45. The summed E-state index contributed by atoms with van der Waals surface area (Å²) in [6.45, 7) is 1.35. The van der Waals surface area contributed by atoms with E-state index in [9.17, 15) is 9.59 Å². The number of anilines is 1. The Balaban J connectivity index is 2.31. The van der Waals surface area contributed by atoms with Gasteiger partial charge in [-0.25, -0.2) is 0 Å². The van der Waals surface area contributed by atoms with Crippen LogP contribution in [0.2, 0.25) is 0 Å². The van der Waals surface area contributed by atoms with Gasteiger partial charge in [0.25, 0.3) is 5.91 Å². The van der Waals surface area contributed by atoms with Gasteiger partial charge in [0.15, 0.2) is 11.5 Å². The lowest BCUT2D eigenvalue weighted by atomic mass is 10.1. The maximum atomic E-state index is 12.5. The smallest absolute Gasteiger partial charge is 0.272 e. The molecule has 2 aromatic carbocycles. The summed E-state index contributed by atoms with van der Waals surface area (Å²) in [7, 11) is 3.07. The predicted octanol–water partition coefficient (Wildman–Crippen LogP) is 2.82. The molecule has 2 rings (SSSR count). The predicted molar refractivity (Wildman–Crippen MR) is 96.4 cm³/mol. The van der Waals surface area contributed by atoms with E-state index in [2.05, 4.69) is 10.6 Å². The number of methoxy groups -OCH3 is 2. The first-order chi connectivity index (χ1) is 12.0. The van der Waals surface area contributed by atoms with Gasteiger partial charge in [0.1, 0.15) is 5.70 Å². The number of amides is 2. The van der Waals surface area contributed by atoms with Crippen LogP contribution >= 0.6 is 0 Å². The molecule has 0 saturated carbocycles. The number of hydrogen-bond acceptors (Lipinski definition) is 4. The minimum absolute atomic E-state index is 0.128. The summed E-state index contributed by atoms with van der Waals surface area (Å²) in [4.78, 5) is 23.9. The van der Waals surface area contributed by atoms with E-state index in [0.29, 0.717) is 22.7 Å². The highest BCUT2D eigenvalue weighted by Gasteiger charge is 2.12. The van der Waals surface area contributed by atoms with E-state index >= 15 is 0 Å². The number of hydrogen-bond donors (Lipinski definition) is 2. The van der Waals surface area contributed by atoms with Crippen molar-refractivity contribution in [2.45, 2.75) is 6.92 Å². The van der Waals surface area contributed by atoms with Gasteiger partial charge in [0.2, 0.25) is 5.91 Å². The number of nitrogens with one attached hydrogen (secondary N) is 2. The largest absolute Gasteiger partial charge is 0.493 e. The summed E-state index contributed by atoms with van der Waals surface area (Å²) in [5.74, 6) is 0.350. The van der Waals surface area contributed by atoms with Crippen molar-refractivity contribution in [1.82, 2.24) is 5.32 Å². The highest BCUT2D eigenvalue weighted by Crippen LogP contribution is 2.28. The summed E-state index contributed by atoms with van der Waals surface area (Å²) >= 11 is 0. The monoisotopic (exact) mass is 340 g/mol. The zero-order chi connectivity index (χ0) is 18.2. The van der Waals surface area contributed by atoms with Gasteiger partial charge in [-0.2, -0.15) is 0 Å². The standard InChI is InChI=1S/C19H20N2O4/c1-13(22)20-16(19(23)21-15-7-5-4-6-8-15)11-14-9-10-17(24-2)18(12-14)25-3/h4-12H,1-3H3,(H,20,22)(H,21,23). The Bertz CT molecular complexity index is 785. The third-order valence-corrected chi connectivity index (χ3v) is 3.31. The van der Waals surface area contributed by atoms with Crippen molar-refractivity contribution in [3.8, 4) is 11.5 Å². The molecular formula is C19H20N2O4. The van der Waals surface area contributed by atoms with Crippen molar-refractivity contribution in [1.29, 1.82) is 0 Å². The van der Waals surface area contributed by atoms with Gasteiger partial charge in [-0.05, 0) is 35.9 Å². The molecule has 0 saturated heterocycles. The number of carbonyl (C=O) groups is 2. The second kappa shape index (κ2) is 8.54. The topological polar surface area (TPSA) is 76.7 Å². The van der Waals surface area contributed by atoms with Gasteiger partial charge in [-0.3, -0.25) is 9.59 Å². The fraction of sp³-hybridized carbons (Fsp3) is 0.158. The quantitative estimate of drug-likeness (QED) is 0.793. The SMILES string of the molecule is COc1ccc(C=C(NC(C)=O)C(=O)Nc2ccccc2)cc1OC. The second-order valence-corrected chi connectivity index (χ2v) is 5.17. The van der Waals surface area contributed by atoms with Crippen LogP contribution in [0.1, 0.15) is 12.5 Å². The van der Waals surface area contributed by atoms with E-state index in [1.54, 1.807) is 43.5 Å². The first-order valence-corrected chi connectivity index (χ1v) is 7.61. The Labute approximate surface area is 146 Å². The number of ether oxygens (including phenoxy) is 2. The Morgan fingerprint density at radius 1 is 0.960 bits per heavy atom. The van der Waals surface area contributed by atoms with Crippen molar-refractivity contribution >= 4 is 23.6 Å². The molecular weight excluding hydrogens is 320 g/mol. The summed E-state index contributed by atoms with van der Waals surface area (Å²) < 4.78 is 10.4. The molecule has 0 bridgehead atoms. The molecule has 0 aliphatic rings. The lowest BCUT2D eigenvalue weighted by Gasteiger charge is -2.11. The first kappa shape index (κ1) is 18.1. The summed E-state index contributed by atoms with van der Waals surface area (Å²) in [6.07, 6.45) is 1.57. The van der Waals surface area contributed by atoms with E-state index in [4.69, 9.17) is 9.47 Å². The van der Waals surface area contributed by atoms with Crippen molar-refractivity contribution < 1.29 is 19.1 Å². The van der Waals surface area contributed by atoms with Crippen molar-refractivity contribution in [2.24, 2.45) is 0 Å². The van der Waals surface area contributed by atoms with Crippen LogP contribution in [0.25, 0.3) is 6.08 Å². The van der Waals surface area contributed by atoms with Crippen LogP contribution in [0.5, 0.6) is 11.5 Å². The second-order valence-electron chi connectivity index (χ2n) is 5.17. The molecule has 0 radical (unpaired) electrons. The zero-order valence-corrected chi connectivity index (χ0v) is 14.3. The highest BCUT2D eigenvalue weighted by molar-refractivity contribution is 6.08. The third-order valence-electron chi connectivity index (χ3n) is 3.31. The fourth-order valence-corrected chi connectivity index (χ4v) is 2.18. The summed E-state index contributed by atoms with van der Waals surface area (Å²) in [6, 6.07) is 14.2. The Kier molecular flexibility index (Phi) is 6.17. The molecule has 0 fully saturated rings. The maximum Gasteiger partial charge on any atom is 0.272 e. The Morgan fingerprint density at radius 2 is 1.64 bits per heavy atom. The normalized spacial score (nSPS) is 10.8. The summed E-state index contributed by atoms with van der Waals surface area (Å²) in [5, 5.41) is 5.29. The molecule has 2 N–H and O–H groups in total. The van der Waals surface area contributed by atoms with Gasteiger partial charge in [-0.1, -0.05) is 24.3 Å². The Hall–Kier alpha value is -3.28. The van der Waals surface area contributed by atoms with Crippen LogP contribution in [0.4, 0.5) is 5.69 Å². The lowest BCUT2D eigenvalue weighted by molar-refractivity contribution is -0.120. The van der Waals surface area contributed by atoms with Crippen molar-refractivity contribution in [3.05, 3.63) is 59.8 Å².